The average Bonchev–Trinajstić information content (AvgIpc) is 2.60. The van der Waals surface area contributed by atoms with Crippen molar-refractivity contribution < 1.29 is 0 Å². The molecule has 1 aromatic rings. The first-order valence-corrected chi connectivity index (χ1v) is 5.70. The van der Waals surface area contributed by atoms with Gasteiger partial charge < -0.3 is 9.88 Å². The number of nitrogens with zero attached hydrogens (tertiary/aromatic N) is 2. The van der Waals surface area contributed by atoms with Gasteiger partial charge in [-0.1, -0.05) is 6.92 Å². The van der Waals surface area contributed by atoms with Gasteiger partial charge in [-0.25, -0.2) is 4.98 Å². The zero-order chi connectivity index (χ0) is 11.5. The van der Waals surface area contributed by atoms with E-state index in [2.05, 4.69) is 55.7 Å². The molecule has 86 valence electrons. The molecule has 3 heteroatoms. The summed E-state index contributed by atoms with van der Waals surface area (Å²) < 4.78 is 2.25. The molecule has 0 aromatic carbocycles. The van der Waals surface area contributed by atoms with E-state index in [-0.39, 0.29) is 5.54 Å². The van der Waals surface area contributed by atoms with Crippen LogP contribution in [0.3, 0.4) is 0 Å². The second kappa shape index (κ2) is 4.79. The zero-order valence-corrected chi connectivity index (χ0v) is 10.5. The molecule has 0 amide bonds. The monoisotopic (exact) mass is 209 g/mol. The van der Waals surface area contributed by atoms with E-state index in [1.165, 1.54) is 5.82 Å². The molecule has 1 unspecified atom stereocenters. The second-order valence-corrected chi connectivity index (χ2v) is 5.08. The maximum atomic E-state index is 4.34. The molecule has 3 nitrogen and oxygen atoms in total. The molecule has 0 saturated heterocycles. The van der Waals surface area contributed by atoms with E-state index in [4.69, 9.17) is 0 Å². The summed E-state index contributed by atoms with van der Waals surface area (Å²) >= 11 is 0. The molecule has 1 aromatic heterocycles. The molecule has 1 heterocycles. The van der Waals surface area contributed by atoms with Crippen LogP contribution in [-0.2, 0) is 6.42 Å². The number of aromatic nitrogens is 2. The second-order valence-electron chi connectivity index (χ2n) is 5.08. The molecule has 0 bridgehead atoms. The molecule has 15 heavy (non-hydrogen) atoms. The molecular formula is C12H23N3. The van der Waals surface area contributed by atoms with Crippen molar-refractivity contribution in [2.45, 2.75) is 52.6 Å². The number of imidazole rings is 1. The number of rotatable bonds is 4. The number of hydrogen-bond donors (Lipinski definition) is 1. The van der Waals surface area contributed by atoms with E-state index in [0.29, 0.717) is 6.04 Å². The van der Waals surface area contributed by atoms with E-state index >= 15 is 0 Å². The molecule has 0 radical (unpaired) electrons. The Morgan fingerprint density at radius 1 is 1.47 bits per heavy atom. The number of nitrogens with one attached hydrogen (secondary N) is 1. The van der Waals surface area contributed by atoms with Crippen LogP contribution in [0, 0.1) is 0 Å². The fourth-order valence-electron chi connectivity index (χ4n) is 1.57. The van der Waals surface area contributed by atoms with Crippen LogP contribution in [0.25, 0.3) is 0 Å². The van der Waals surface area contributed by atoms with Crippen molar-refractivity contribution in [1.29, 1.82) is 0 Å². The van der Waals surface area contributed by atoms with Crippen molar-refractivity contribution in [3.8, 4) is 0 Å². The summed E-state index contributed by atoms with van der Waals surface area (Å²) in [6.07, 6.45) is 4.94. The highest BCUT2D eigenvalue weighted by Gasteiger charge is 2.13. The fraction of sp³-hybridized carbons (Fsp3) is 0.750. The normalized spacial score (nSPS) is 14.2. The van der Waals surface area contributed by atoms with Gasteiger partial charge in [-0.05, 0) is 27.7 Å². The van der Waals surface area contributed by atoms with Gasteiger partial charge in [0.15, 0.2) is 0 Å². The molecule has 0 spiro atoms. The third-order valence-electron chi connectivity index (χ3n) is 2.47. The van der Waals surface area contributed by atoms with Gasteiger partial charge in [0.1, 0.15) is 5.82 Å². The molecule has 0 aliphatic rings. The minimum Gasteiger partial charge on any atom is -0.331 e. The van der Waals surface area contributed by atoms with E-state index in [1.54, 1.807) is 0 Å². The van der Waals surface area contributed by atoms with Gasteiger partial charge in [0.25, 0.3) is 0 Å². The summed E-state index contributed by atoms with van der Waals surface area (Å²) in [7, 11) is 0. The van der Waals surface area contributed by atoms with Crippen LogP contribution in [0.15, 0.2) is 12.4 Å². The molecule has 0 saturated carbocycles. The first kappa shape index (κ1) is 12.2. The van der Waals surface area contributed by atoms with Gasteiger partial charge in [-0.2, -0.15) is 0 Å². The lowest BCUT2D eigenvalue weighted by Gasteiger charge is -2.24. The smallest absolute Gasteiger partial charge is 0.108 e. The van der Waals surface area contributed by atoms with Crippen LogP contribution in [0.5, 0.6) is 0 Å². The standard InChI is InChI=1S/C12H23N3/c1-6-11-13-7-8-15(11)10(2)9-14-12(3,4)5/h7-8,10,14H,6,9H2,1-5H3. The van der Waals surface area contributed by atoms with Crippen LogP contribution in [0.1, 0.15) is 46.5 Å². The molecular weight excluding hydrogens is 186 g/mol. The Morgan fingerprint density at radius 2 is 2.13 bits per heavy atom. The van der Waals surface area contributed by atoms with Gasteiger partial charge in [0.05, 0.1) is 0 Å². The summed E-state index contributed by atoms with van der Waals surface area (Å²) in [5, 5.41) is 3.51. The van der Waals surface area contributed by atoms with Crippen LogP contribution < -0.4 is 5.32 Å². The Bertz CT molecular complexity index is 296. The quantitative estimate of drug-likeness (QED) is 0.825. The highest BCUT2D eigenvalue weighted by atomic mass is 15.1. The minimum atomic E-state index is 0.182. The molecule has 1 atom stereocenters. The summed E-state index contributed by atoms with van der Waals surface area (Å²) in [4.78, 5) is 4.34. The van der Waals surface area contributed by atoms with Crippen molar-refractivity contribution in [3.63, 3.8) is 0 Å². The molecule has 0 aliphatic carbocycles. The largest absolute Gasteiger partial charge is 0.331 e. The van der Waals surface area contributed by atoms with Crippen LogP contribution in [0.2, 0.25) is 0 Å². The first-order chi connectivity index (χ1) is 6.94. The van der Waals surface area contributed by atoms with Crippen molar-refractivity contribution in [3.05, 3.63) is 18.2 Å². The van der Waals surface area contributed by atoms with Gasteiger partial charge in [-0.3, -0.25) is 0 Å². The van der Waals surface area contributed by atoms with E-state index in [1.807, 2.05) is 6.20 Å². The number of aryl methyl sites for hydroxylation is 1. The van der Waals surface area contributed by atoms with Gasteiger partial charge in [0.2, 0.25) is 0 Å². The third kappa shape index (κ3) is 3.67. The predicted molar refractivity (Wildman–Crippen MR) is 64.1 cm³/mol. The SMILES string of the molecule is CCc1nccn1C(C)CNC(C)(C)C. The summed E-state index contributed by atoms with van der Waals surface area (Å²) in [5.74, 6) is 1.17. The average molecular weight is 209 g/mol. The van der Waals surface area contributed by atoms with E-state index < -0.39 is 0 Å². The van der Waals surface area contributed by atoms with Crippen LogP contribution in [0.4, 0.5) is 0 Å². The van der Waals surface area contributed by atoms with Crippen LogP contribution >= 0.6 is 0 Å². The summed E-state index contributed by atoms with van der Waals surface area (Å²) in [5.41, 5.74) is 0.182. The molecule has 1 rings (SSSR count). The maximum Gasteiger partial charge on any atom is 0.108 e. The summed E-state index contributed by atoms with van der Waals surface area (Å²) in [6, 6.07) is 0.460. The van der Waals surface area contributed by atoms with Crippen molar-refractivity contribution in [1.82, 2.24) is 14.9 Å². The van der Waals surface area contributed by atoms with Gasteiger partial charge in [-0.15, -0.1) is 0 Å². The van der Waals surface area contributed by atoms with Gasteiger partial charge >= 0.3 is 0 Å². The Balaban J connectivity index is 2.57. The molecule has 0 fully saturated rings. The van der Waals surface area contributed by atoms with E-state index in [9.17, 15) is 0 Å². The predicted octanol–water partition coefficient (Wildman–Crippen LogP) is 2.39. The highest BCUT2D eigenvalue weighted by molar-refractivity contribution is 4.94. The fourth-order valence-corrected chi connectivity index (χ4v) is 1.57. The van der Waals surface area contributed by atoms with E-state index in [0.717, 1.165) is 13.0 Å². The van der Waals surface area contributed by atoms with Crippen molar-refractivity contribution in [2.24, 2.45) is 0 Å². The minimum absolute atomic E-state index is 0.182. The van der Waals surface area contributed by atoms with Crippen molar-refractivity contribution >= 4 is 0 Å². The Kier molecular flexibility index (Phi) is 3.91. The number of hydrogen-bond acceptors (Lipinski definition) is 2. The lowest BCUT2D eigenvalue weighted by atomic mass is 10.1. The Labute approximate surface area is 92.9 Å². The zero-order valence-electron chi connectivity index (χ0n) is 10.5. The first-order valence-electron chi connectivity index (χ1n) is 5.70. The third-order valence-corrected chi connectivity index (χ3v) is 2.47. The highest BCUT2D eigenvalue weighted by Crippen LogP contribution is 2.10. The lowest BCUT2D eigenvalue weighted by Crippen LogP contribution is -2.39. The summed E-state index contributed by atoms with van der Waals surface area (Å²) in [6.45, 7) is 11.9. The van der Waals surface area contributed by atoms with Crippen LogP contribution in [-0.4, -0.2) is 21.6 Å². The lowest BCUT2D eigenvalue weighted by molar-refractivity contribution is 0.375. The maximum absolute atomic E-state index is 4.34. The van der Waals surface area contributed by atoms with Crippen molar-refractivity contribution in [2.75, 3.05) is 6.54 Å². The molecule has 1 N–H and O–H groups in total. The molecule has 0 aliphatic heterocycles. The Morgan fingerprint density at radius 3 is 2.67 bits per heavy atom. The topological polar surface area (TPSA) is 29.9 Å². The Hall–Kier alpha value is -0.830. The van der Waals surface area contributed by atoms with Gasteiger partial charge in [0, 0.05) is 36.9 Å².